The van der Waals surface area contributed by atoms with Crippen molar-refractivity contribution in [2.24, 2.45) is 0 Å². The minimum Gasteiger partial charge on any atom is -0.381 e. The fraction of sp³-hybridized carbons (Fsp3) is 0.375. The molecule has 2 N–H and O–H groups in total. The van der Waals surface area contributed by atoms with Crippen LogP contribution in [0.3, 0.4) is 0 Å². The summed E-state index contributed by atoms with van der Waals surface area (Å²) in [7, 11) is 1.99. The summed E-state index contributed by atoms with van der Waals surface area (Å²) in [6.07, 6.45) is 1.71. The number of nitrogens with one attached hydrogen (secondary N) is 2. The lowest BCUT2D eigenvalue weighted by Crippen LogP contribution is -2.44. The SMILES string of the molecule is CN1CCN(Cc2ccc(NC(=O)c3cncc(C#Cc4cnc5ccc(NC6CCOCC6)nn45)c3)cc2C(F)(F)F)CC1. The van der Waals surface area contributed by atoms with E-state index in [2.05, 4.69) is 42.4 Å². The molecule has 1 aromatic carbocycles. The Balaban J connectivity index is 1.16. The van der Waals surface area contributed by atoms with Crippen LogP contribution >= 0.6 is 0 Å². The summed E-state index contributed by atoms with van der Waals surface area (Å²) >= 11 is 0. The molecule has 45 heavy (non-hydrogen) atoms. The number of aromatic nitrogens is 4. The third-order valence-electron chi connectivity index (χ3n) is 7.93. The highest BCUT2D eigenvalue weighted by Gasteiger charge is 2.34. The topological polar surface area (TPSA) is 99.9 Å². The van der Waals surface area contributed by atoms with E-state index in [4.69, 9.17) is 4.74 Å². The maximum absolute atomic E-state index is 14.0. The lowest BCUT2D eigenvalue weighted by molar-refractivity contribution is -0.138. The van der Waals surface area contributed by atoms with Gasteiger partial charge in [-0.2, -0.15) is 13.2 Å². The van der Waals surface area contributed by atoms with E-state index in [0.29, 0.717) is 49.0 Å². The van der Waals surface area contributed by atoms with Gasteiger partial charge in [-0.3, -0.25) is 14.7 Å². The second-order valence-corrected chi connectivity index (χ2v) is 11.3. The molecule has 5 heterocycles. The molecular formula is C32H33F3N8O2. The molecule has 0 saturated carbocycles. The van der Waals surface area contributed by atoms with Gasteiger partial charge in [-0.15, -0.1) is 5.10 Å². The number of nitrogens with zero attached hydrogens (tertiary/aromatic N) is 6. The van der Waals surface area contributed by atoms with Gasteiger partial charge >= 0.3 is 6.18 Å². The highest BCUT2D eigenvalue weighted by atomic mass is 19.4. The first-order valence-corrected chi connectivity index (χ1v) is 14.8. The lowest BCUT2D eigenvalue weighted by atomic mass is 10.0. The van der Waals surface area contributed by atoms with E-state index in [-0.39, 0.29) is 29.4 Å². The standard InChI is InChI=1S/C32H33F3N8O2/c1-41-10-12-42(13-11-41)21-23-3-4-26(17-28(23)32(33,34)35)39-31(44)24-16-22(18-36-19-24)2-5-27-20-37-30-7-6-29(40-43(27)30)38-25-8-14-45-15-9-25/h3-4,6-7,16-20,25H,8-15,21H2,1H3,(H,38,40)(H,39,44). The van der Waals surface area contributed by atoms with E-state index in [1.807, 2.05) is 24.1 Å². The van der Waals surface area contributed by atoms with Gasteiger partial charge < -0.3 is 20.3 Å². The Labute approximate surface area is 258 Å². The summed E-state index contributed by atoms with van der Waals surface area (Å²) in [4.78, 5) is 25.7. The Morgan fingerprint density at radius 3 is 2.60 bits per heavy atom. The number of ether oxygens (including phenoxy) is 1. The molecule has 0 atom stereocenters. The molecule has 1 amide bonds. The van der Waals surface area contributed by atoms with E-state index in [1.54, 1.807) is 10.7 Å². The molecule has 0 spiro atoms. The van der Waals surface area contributed by atoms with E-state index in [0.717, 1.165) is 32.0 Å². The van der Waals surface area contributed by atoms with Gasteiger partial charge in [0.15, 0.2) is 5.65 Å². The predicted octanol–water partition coefficient (Wildman–Crippen LogP) is 4.13. The third kappa shape index (κ3) is 7.59. The fourth-order valence-electron chi connectivity index (χ4n) is 5.36. The van der Waals surface area contributed by atoms with Crippen LogP contribution in [0.15, 0.2) is 55.0 Å². The number of benzene rings is 1. The van der Waals surface area contributed by atoms with Gasteiger partial charge in [0, 0.05) is 75.6 Å². The number of imidazole rings is 1. The molecule has 0 unspecified atom stereocenters. The molecule has 2 aliphatic rings. The van der Waals surface area contributed by atoms with Crippen molar-refractivity contribution >= 4 is 23.1 Å². The number of rotatable bonds is 6. The molecule has 6 rings (SSSR count). The number of pyridine rings is 1. The Bertz CT molecular complexity index is 1730. The lowest BCUT2D eigenvalue weighted by Gasteiger charge is -2.33. The number of carbonyl (C=O) groups excluding carboxylic acids is 1. The molecule has 0 aliphatic carbocycles. The Hall–Kier alpha value is -4.51. The number of likely N-dealkylation sites (N-methyl/N-ethyl adjacent to an activating group) is 1. The number of amides is 1. The quantitative estimate of drug-likeness (QED) is 0.312. The molecule has 13 heteroatoms. The molecular weight excluding hydrogens is 585 g/mol. The van der Waals surface area contributed by atoms with Crippen molar-refractivity contribution in [3.05, 3.63) is 82.9 Å². The number of piperazine rings is 1. The molecule has 2 aliphatic heterocycles. The summed E-state index contributed by atoms with van der Waals surface area (Å²) in [5.74, 6) is 6.14. The van der Waals surface area contributed by atoms with E-state index in [9.17, 15) is 18.0 Å². The van der Waals surface area contributed by atoms with E-state index < -0.39 is 17.6 Å². The Morgan fingerprint density at radius 2 is 1.82 bits per heavy atom. The number of carbonyl (C=O) groups is 1. The normalized spacial score (nSPS) is 16.7. The largest absolute Gasteiger partial charge is 0.416 e. The maximum atomic E-state index is 14.0. The predicted molar refractivity (Wildman–Crippen MR) is 163 cm³/mol. The number of hydrogen-bond donors (Lipinski definition) is 2. The number of halogens is 3. The zero-order valence-electron chi connectivity index (χ0n) is 24.8. The second-order valence-electron chi connectivity index (χ2n) is 11.3. The fourth-order valence-corrected chi connectivity index (χ4v) is 5.36. The van der Waals surface area contributed by atoms with E-state index >= 15 is 0 Å². The summed E-state index contributed by atoms with van der Waals surface area (Å²) < 4.78 is 49.1. The first-order valence-electron chi connectivity index (χ1n) is 14.8. The summed E-state index contributed by atoms with van der Waals surface area (Å²) in [5, 5.41) is 10.6. The number of hydrogen-bond acceptors (Lipinski definition) is 8. The molecule has 0 radical (unpaired) electrons. The van der Waals surface area contributed by atoms with Crippen LogP contribution in [0.2, 0.25) is 0 Å². The molecule has 10 nitrogen and oxygen atoms in total. The maximum Gasteiger partial charge on any atom is 0.416 e. The monoisotopic (exact) mass is 618 g/mol. The average Bonchev–Trinajstić information content (AvgIpc) is 3.44. The van der Waals surface area contributed by atoms with Crippen LogP contribution in [0.5, 0.6) is 0 Å². The molecule has 2 fully saturated rings. The van der Waals surface area contributed by atoms with Gasteiger partial charge in [0.2, 0.25) is 0 Å². The van der Waals surface area contributed by atoms with Gasteiger partial charge in [-0.1, -0.05) is 12.0 Å². The van der Waals surface area contributed by atoms with Crippen LogP contribution in [-0.4, -0.2) is 87.8 Å². The van der Waals surface area contributed by atoms with Gasteiger partial charge in [0.1, 0.15) is 11.5 Å². The van der Waals surface area contributed by atoms with Crippen molar-refractivity contribution in [2.75, 3.05) is 57.1 Å². The molecule has 4 aromatic rings. The van der Waals surface area contributed by atoms with E-state index in [1.165, 1.54) is 30.6 Å². The van der Waals surface area contributed by atoms with Crippen molar-refractivity contribution in [1.29, 1.82) is 0 Å². The van der Waals surface area contributed by atoms with Crippen molar-refractivity contribution in [3.63, 3.8) is 0 Å². The van der Waals surface area contributed by atoms with Gasteiger partial charge in [-0.25, -0.2) is 9.50 Å². The second kappa shape index (κ2) is 13.2. The summed E-state index contributed by atoms with van der Waals surface area (Å²) in [6, 6.07) is 9.47. The minimum absolute atomic E-state index is 0.0490. The van der Waals surface area contributed by atoms with Gasteiger partial charge in [-0.05, 0) is 61.7 Å². The van der Waals surface area contributed by atoms with Crippen molar-refractivity contribution in [3.8, 4) is 11.8 Å². The van der Waals surface area contributed by atoms with Crippen molar-refractivity contribution < 1.29 is 22.7 Å². The Morgan fingerprint density at radius 1 is 1.02 bits per heavy atom. The number of anilines is 2. The zero-order chi connectivity index (χ0) is 31.4. The first kappa shape index (κ1) is 30.5. The van der Waals surface area contributed by atoms with Crippen LogP contribution in [0, 0.1) is 11.8 Å². The van der Waals surface area contributed by atoms with Gasteiger partial charge in [0.05, 0.1) is 17.3 Å². The van der Waals surface area contributed by atoms with Crippen LogP contribution in [0.4, 0.5) is 24.7 Å². The van der Waals surface area contributed by atoms with Crippen molar-refractivity contribution in [2.45, 2.75) is 31.6 Å². The molecule has 2 saturated heterocycles. The van der Waals surface area contributed by atoms with Crippen molar-refractivity contribution in [1.82, 2.24) is 29.4 Å². The van der Waals surface area contributed by atoms with Crippen LogP contribution < -0.4 is 10.6 Å². The highest BCUT2D eigenvalue weighted by molar-refractivity contribution is 6.04. The smallest absolute Gasteiger partial charge is 0.381 e. The molecule has 3 aromatic heterocycles. The third-order valence-corrected chi connectivity index (χ3v) is 7.93. The van der Waals surface area contributed by atoms with Crippen LogP contribution in [-0.2, 0) is 17.5 Å². The molecule has 234 valence electrons. The average molecular weight is 619 g/mol. The number of alkyl halides is 3. The summed E-state index contributed by atoms with van der Waals surface area (Å²) in [5.41, 5.74) is 1.27. The Kier molecular flexibility index (Phi) is 8.97. The first-order chi connectivity index (χ1) is 21.7. The van der Waals surface area contributed by atoms with Crippen LogP contribution in [0.25, 0.3) is 5.65 Å². The summed E-state index contributed by atoms with van der Waals surface area (Å²) in [6.45, 7) is 4.62. The van der Waals surface area contributed by atoms with Crippen LogP contribution in [0.1, 0.15) is 45.6 Å². The number of fused-ring (bicyclic) bond motifs is 1. The molecule has 0 bridgehead atoms. The minimum atomic E-state index is -4.56. The van der Waals surface area contributed by atoms with Gasteiger partial charge in [0.25, 0.3) is 5.91 Å². The highest BCUT2D eigenvalue weighted by Crippen LogP contribution is 2.34. The zero-order valence-corrected chi connectivity index (χ0v) is 24.8.